The van der Waals surface area contributed by atoms with Gasteiger partial charge in [0.05, 0.1) is 18.5 Å². The van der Waals surface area contributed by atoms with Gasteiger partial charge >= 0.3 is 0 Å². The number of halogens is 2. The number of nitrogens with one attached hydrogen (secondary N) is 3. The van der Waals surface area contributed by atoms with E-state index in [0.717, 1.165) is 38.5 Å². The molecule has 33 heavy (non-hydrogen) atoms. The normalized spacial score (nSPS) is 22.6. The monoisotopic (exact) mass is 459 g/mol. The summed E-state index contributed by atoms with van der Waals surface area (Å²) >= 11 is 0. The van der Waals surface area contributed by atoms with E-state index in [2.05, 4.69) is 39.8 Å². The first-order valence-corrected chi connectivity index (χ1v) is 11.9. The number of hydrogen-bond donors (Lipinski definition) is 3. The highest BCUT2D eigenvalue weighted by Gasteiger charge is 2.37. The molecule has 0 bridgehead atoms. The van der Waals surface area contributed by atoms with Crippen molar-refractivity contribution in [3.8, 4) is 11.1 Å². The summed E-state index contributed by atoms with van der Waals surface area (Å²) in [6, 6.07) is 4.44. The van der Waals surface area contributed by atoms with E-state index in [9.17, 15) is 8.78 Å². The van der Waals surface area contributed by atoms with Crippen LogP contribution in [0.4, 0.5) is 20.3 Å². The zero-order valence-electron chi connectivity index (χ0n) is 19.8. The van der Waals surface area contributed by atoms with Gasteiger partial charge in [0.25, 0.3) is 0 Å². The topological polar surface area (TPSA) is 71.1 Å². The number of anilines is 2. The van der Waals surface area contributed by atoms with Crippen molar-refractivity contribution >= 4 is 11.5 Å². The van der Waals surface area contributed by atoms with Gasteiger partial charge in [-0.1, -0.05) is 6.92 Å². The number of rotatable bonds is 10. The Bertz CT molecular complexity index is 944. The quantitative estimate of drug-likeness (QED) is 0.435. The summed E-state index contributed by atoms with van der Waals surface area (Å²) in [4.78, 5) is 8.09. The van der Waals surface area contributed by atoms with Crippen LogP contribution in [0.5, 0.6) is 0 Å². The summed E-state index contributed by atoms with van der Waals surface area (Å²) in [6.45, 7) is 5.69. The van der Waals surface area contributed by atoms with Gasteiger partial charge in [0.15, 0.2) is 0 Å². The fraction of sp³-hybridized carbons (Fsp3) is 0.600. The molecule has 2 saturated carbocycles. The Morgan fingerprint density at radius 3 is 2.52 bits per heavy atom. The summed E-state index contributed by atoms with van der Waals surface area (Å²) < 4.78 is 34.1. The van der Waals surface area contributed by atoms with Gasteiger partial charge in [-0.2, -0.15) is 4.39 Å². The van der Waals surface area contributed by atoms with Crippen LogP contribution in [0.25, 0.3) is 11.1 Å². The molecule has 2 aliphatic rings. The van der Waals surface area contributed by atoms with Crippen LogP contribution in [0.3, 0.4) is 0 Å². The minimum atomic E-state index is -0.569. The third kappa shape index (κ3) is 6.38. The minimum Gasteiger partial charge on any atom is -0.383 e. The number of methoxy groups -OCH3 is 1. The van der Waals surface area contributed by atoms with Gasteiger partial charge in [0.1, 0.15) is 11.6 Å². The standard InChI is InChI=1S/C25H35F2N5O/c1-16(14-33-3)31-18-4-6-19(7-5-18)32-23-11-20(21(26)13-28-23)17-10-22(24(27)29-12-17)30-15-25(2)8-9-25/h10-13,16,18-19,30-31H,4-9,14-15H2,1-3H3,(H,28,32)/t16-,18?,19?/m1/s1. The maximum Gasteiger partial charge on any atom is 0.236 e. The Balaban J connectivity index is 1.39. The van der Waals surface area contributed by atoms with E-state index < -0.39 is 11.8 Å². The van der Waals surface area contributed by atoms with E-state index in [1.807, 2.05) is 0 Å². The largest absolute Gasteiger partial charge is 0.383 e. The van der Waals surface area contributed by atoms with Crippen molar-refractivity contribution in [1.82, 2.24) is 15.3 Å². The lowest BCUT2D eigenvalue weighted by atomic mass is 9.90. The van der Waals surface area contributed by atoms with Crippen molar-refractivity contribution in [3.05, 3.63) is 36.3 Å². The molecule has 4 rings (SSSR count). The van der Waals surface area contributed by atoms with Crippen LogP contribution in [0.15, 0.2) is 24.5 Å². The first-order valence-electron chi connectivity index (χ1n) is 11.9. The van der Waals surface area contributed by atoms with E-state index in [4.69, 9.17) is 4.74 Å². The minimum absolute atomic E-state index is 0.220. The van der Waals surface area contributed by atoms with Crippen LogP contribution in [0.1, 0.15) is 52.4 Å². The van der Waals surface area contributed by atoms with Gasteiger partial charge in [0.2, 0.25) is 5.95 Å². The Morgan fingerprint density at radius 2 is 1.82 bits per heavy atom. The van der Waals surface area contributed by atoms with E-state index >= 15 is 0 Å². The third-order valence-corrected chi connectivity index (χ3v) is 6.83. The highest BCUT2D eigenvalue weighted by atomic mass is 19.1. The summed E-state index contributed by atoms with van der Waals surface area (Å²) in [5, 5.41) is 10.2. The summed E-state index contributed by atoms with van der Waals surface area (Å²) in [5.41, 5.74) is 1.42. The van der Waals surface area contributed by atoms with Crippen molar-refractivity contribution < 1.29 is 13.5 Å². The van der Waals surface area contributed by atoms with Crippen LogP contribution in [0.2, 0.25) is 0 Å². The molecule has 0 amide bonds. The van der Waals surface area contributed by atoms with E-state index in [1.54, 1.807) is 19.2 Å². The molecule has 6 nitrogen and oxygen atoms in total. The lowest BCUT2D eigenvalue weighted by Gasteiger charge is -2.31. The Labute approximate surface area is 194 Å². The molecular formula is C25H35F2N5O. The first-order chi connectivity index (χ1) is 15.8. The number of hydrogen-bond acceptors (Lipinski definition) is 6. The third-order valence-electron chi connectivity index (χ3n) is 6.83. The van der Waals surface area contributed by atoms with Crippen LogP contribution in [-0.2, 0) is 4.74 Å². The second-order valence-corrected chi connectivity index (χ2v) is 9.99. The Hall–Kier alpha value is -2.32. The van der Waals surface area contributed by atoms with Gasteiger partial charge in [0, 0.05) is 49.1 Å². The van der Waals surface area contributed by atoms with Crippen molar-refractivity contribution in [2.75, 3.05) is 30.9 Å². The summed E-state index contributed by atoms with van der Waals surface area (Å²) in [5.74, 6) is -0.394. The number of nitrogens with zero attached hydrogens (tertiary/aromatic N) is 2. The molecule has 2 heterocycles. The molecule has 0 unspecified atom stereocenters. The molecule has 0 saturated heterocycles. The van der Waals surface area contributed by atoms with Crippen molar-refractivity contribution in [3.63, 3.8) is 0 Å². The van der Waals surface area contributed by atoms with Crippen molar-refractivity contribution in [1.29, 1.82) is 0 Å². The molecule has 1 atom stereocenters. The maximum absolute atomic E-state index is 14.6. The first kappa shape index (κ1) is 23.8. The van der Waals surface area contributed by atoms with Gasteiger partial charge in [-0.15, -0.1) is 0 Å². The maximum atomic E-state index is 14.6. The molecule has 8 heteroatoms. The van der Waals surface area contributed by atoms with Crippen molar-refractivity contribution in [2.24, 2.45) is 5.41 Å². The van der Waals surface area contributed by atoms with Crippen LogP contribution >= 0.6 is 0 Å². The molecule has 2 aliphatic carbocycles. The molecule has 0 radical (unpaired) electrons. The summed E-state index contributed by atoms with van der Waals surface area (Å²) in [6.07, 6.45) is 9.01. The lowest BCUT2D eigenvalue weighted by molar-refractivity contribution is 0.161. The molecule has 2 aromatic heterocycles. The number of ether oxygens (including phenoxy) is 1. The Morgan fingerprint density at radius 1 is 1.09 bits per heavy atom. The average molecular weight is 460 g/mol. The zero-order valence-corrected chi connectivity index (χ0v) is 19.8. The molecule has 3 N–H and O–H groups in total. The average Bonchev–Trinajstić information content (AvgIpc) is 3.53. The lowest BCUT2D eigenvalue weighted by Crippen LogP contribution is -2.42. The van der Waals surface area contributed by atoms with Gasteiger partial charge < -0.3 is 20.7 Å². The smallest absolute Gasteiger partial charge is 0.236 e. The molecule has 0 spiro atoms. The fourth-order valence-electron chi connectivity index (χ4n) is 4.47. The number of aromatic nitrogens is 2. The Kier molecular flexibility index (Phi) is 7.44. The van der Waals surface area contributed by atoms with E-state index in [-0.39, 0.29) is 11.5 Å². The highest BCUT2D eigenvalue weighted by Crippen LogP contribution is 2.45. The SMILES string of the molecule is COC[C@@H](C)NC1CCC(Nc2cc(-c3cnc(F)c(NCC4(C)CC4)c3)c(F)cn2)CC1. The second-order valence-electron chi connectivity index (χ2n) is 9.99. The van der Waals surface area contributed by atoms with E-state index in [1.165, 1.54) is 12.4 Å². The molecular weight excluding hydrogens is 424 g/mol. The van der Waals surface area contributed by atoms with Gasteiger partial charge in [-0.05, 0) is 63.0 Å². The fourth-order valence-corrected chi connectivity index (χ4v) is 4.47. The molecule has 180 valence electrons. The number of pyridine rings is 2. The molecule has 0 aromatic carbocycles. The second kappa shape index (κ2) is 10.3. The van der Waals surface area contributed by atoms with Crippen LogP contribution in [0, 0.1) is 17.2 Å². The van der Waals surface area contributed by atoms with Crippen molar-refractivity contribution in [2.45, 2.75) is 70.5 Å². The summed E-state index contributed by atoms with van der Waals surface area (Å²) in [7, 11) is 1.72. The predicted molar refractivity (Wildman–Crippen MR) is 127 cm³/mol. The molecule has 0 aliphatic heterocycles. The molecule has 2 aromatic rings. The predicted octanol–water partition coefficient (Wildman–Crippen LogP) is 4.98. The molecule has 2 fully saturated rings. The zero-order chi connectivity index (χ0) is 23.4. The van der Waals surface area contributed by atoms with Crippen LogP contribution in [-0.4, -0.2) is 48.4 Å². The van der Waals surface area contributed by atoms with Gasteiger partial charge in [-0.3, -0.25) is 0 Å². The van der Waals surface area contributed by atoms with Gasteiger partial charge in [-0.25, -0.2) is 14.4 Å². The highest BCUT2D eigenvalue weighted by molar-refractivity contribution is 5.69. The van der Waals surface area contributed by atoms with Crippen LogP contribution < -0.4 is 16.0 Å². The van der Waals surface area contributed by atoms with E-state index in [0.29, 0.717) is 47.9 Å².